The Balaban J connectivity index is 1.15. The van der Waals surface area contributed by atoms with E-state index in [2.05, 4.69) is 77.5 Å². The molecule has 36 heavy (non-hydrogen) atoms. The SMILES string of the molecule is CC[n+]1ccsc1N=Nc1ccc(N2CCN(c3ccc(N=Nc4scc[n+]4CC)cc3)CC2)cc1. The summed E-state index contributed by atoms with van der Waals surface area (Å²) in [5.41, 5.74) is 4.19. The summed E-state index contributed by atoms with van der Waals surface area (Å²) in [5.74, 6) is 0. The van der Waals surface area contributed by atoms with Crippen LogP contribution in [-0.4, -0.2) is 26.2 Å². The second kappa shape index (κ2) is 11.5. The molecule has 0 atom stereocenters. The van der Waals surface area contributed by atoms with Gasteiger partial charge in [0.25, 0.3) is 0 Å². The van der Waals surface area contributed by atoms with Gasteiger partial charge in [-0.1, -0.05) is 0 Å². The molecule has 5 rings (SSSR count). The van der Waals surface area contributed by atoms with Gasteiger partial charge in [0.2, 0.25) is 0 Å². The third-order valence-electron chi connectivity index (χ3n) is 6.21. The van der Waals surface area contributed by atoms with E-state index in [1.165, 1.54) is 11.4 Å². The van der Waals surface area contributed by atoms with Gasteiger partial charge in [0, 0.05) is 48.3 Å². The van der Waals surface area contributed by atoms with Crippen LogP contribution in [-0.2, 0) is 13.1 Å². The number of azo groups is 2. The molecule has 0 bridgehead atoms. The minimum Gasteiger partial charge on any atom is -0.368 e. The highest BCUT2D eigenvalue weighted by Crippen LogP contribution is 2.26. The van der Waals surface area contributed by atoms with E-state index in [-0.39, 0.29) is 0 Å². The Labute approximate surface area is 219 Å². The minimum absolute atomic E-state index is 0.870. The Hall–Kier alpha value is -3.50. The zero-order chi connectivity index (χ0) is 24.7. The van der Waals surface area contributed by atoms with Crippen molar-refractivity contribution < 1.29 is 9.13 Å². The molecule has 8 nitrogen and oxygen atoms in total. The number of piperazine rings is 1. The zero-order valence-electron chi connectivity index (χ0n) is 20.6. The predicted molar refractivity (Wildman–Crippen MR) is 146 cm³/mol. The normalized spacial score (nSPS) is 14.4. The molecule has 0 spiro atoms. The van der Waals surface area contributed by atoms with Gasteiger partial charge in [-0.3, -0.25) is 0 Å². The number of thiazole rings is 2. The minimum atomic E-state index is 0.870. The fourth-order valence-corrected chi connectivity index (χ4v) is 5.61. The Morgan fingerprint density at radius 3 is 1.36 bits per heavy atom. The topological polar surface area (TPSA) is 63.7 Å². The van der Waals surface area contributed by atoms with Gasteiger partial charge in [-0.05, 0) is 95.3 Å². The second-order valence-electron chi connectivity index (χ2n) is 8.35. The van der Waals surface area contributed by atoms with E-state index in [1.54, 1.807) is 22.7 Å². The molecule has 0 saturated carbocycles. The van der Waals surface area contributed by atoms with E-state index >= 15 is 0 Å². The van der Waals surface area contributed by atoms with E-state index in [0.717, 1.165) is 60.9 Å². The van der Waals surface area contributed by atoms with E-state index in [4.69, 9.17) is 0 Å². The van der Waals surface area contributed by atoms with E-state index in [0.29, 0.717) is 0 Å². The van der Waals surface area contributed by atoms with Crippen molar-refractivity contribution in [2.75, 3.05) is 36.0 Å². The molecule has 3 heterocycles. The Bertz CT molecular complexity index is 1210. The Kier molecular flexibility index (Phi) is 7.73. The highest BCUT2D eigenvalue weighted by molar-refractivity contribution is 7.13. The van der Waals surface area contributed by atoms with Crippen LogP contribution in [0, 0.1) is 0 Å². The van der Waals surface area contributed by atoms with Crippen molar-refractivity contribution in [1.29, 1.82) is 0 Å². The Morgan fingerprint density at radius 2 is 1.00 bits per heavy atom. The van der Waals surface area contributed by atoms with Gasteiger partial charge in [-0.25, -0.2) is 9.13 Å². The number of nitrogens with zero attached hydrogens (tertiary/aromatic N) is 8. The van der Waals surface area contributed by atoms with Crippen molar-refractivity contribution in [3.8, 4) is 0 Å². The average Bonchev–Trinajstić information content (AvgIpc) is 3.60. The van der Waals surface area contributed by atoms with Crippen LogP contribution in [0.15, 0.2) is 92.1 Å². The lowest BCUT2D eigenvalue weighted by Crippen LogP contribution is -2.46. The van der Waals surface area contributed by atoms with Crippen molar-refractivity contribution in [2.24, 2.45) is 20.5 Å². The third kappa shape index (κ3) is 5.66. The summed E-state index contributed by atoms with van der Waals surface area (Å²) >= 11 is 3.20. The smallest absolute Gasteiger partial charge is 0.368 e. The number of benzene rings is 2. The van der Waals surface area contributed by atoms with E-state index in [9.17, 15) is 0 Å². The largest absolute Gasteiger partial charge is 0.408 e. The average molecular weight is 519 g/mol. The van der Waals surface area contributed by atoms with Crippen molar-refractivity contribution >= 4 is 55.7 Å². The fourth-order valence-electron chi connectivity index (χ4n) is 4.12. The third-order valence-corrected chi connectivity index (χ3v) is 7.78. The first-order valence-corrected chi connectivity index (χ1v) is 14.0. The van der Waals surface area contributed by atoms with Gasteiger partial charge < -0.3 is 9.80 Å². The molecule has 0 radical (unpaired) electrons. The van der Waals surface area contributed by atoms with Gasteiger partial charge in [-0.2, -0.15) is 0 Å². The summed E-state index contributed by atoms with van der Waals surface area (Å²) < 4.78 is 4.18. The summed E-state index contributed by atoms with van der Waals surface area (Å²) in [4.78, 5) is 4.85. The van der Waals surface area contributed by atoms with Crippen LogP contribution in [0.25, 0.3) is 0 Å². The van der Waals surface area contributed by atoms with Crippen LogP contribution in [0.4, 0.5) is 33.0 Å². The Morgan fingerprint density at radius 1 is 0.611 bits per heavy atom. The quantitative estimate of drug-likeness (QED) is 0.195. The van der Waals surface area contributed by atoms with Gasteiger partial charge in [0.05, 0.1) is 23.3 Å². The molecule has 0 amide bonds. The van der Waals surface area contributed by atoms with Crippen LogP contribution < -0.4 is 18.9 Å². The molecule has 0 aliphatic carbocycles. The van der Waals surface area contributed by atoms with E-state index in [1.807, 2.05) is 47.4 Å². The van der Waals surface area contributed by atoms with Crippen molar-refractivity contribution in [3.05, 3.63) is 71.7 Å². The molecule has 184 valence electrons. The highest BCUT2D eigenvalue weighted by Gasteiger charge is 2.18. The first kappa shape index (κ1) is 24.2. The maximum atomic E-state index is 4.41. The summed E-state index contributed by atoms with van der Waals surface area (Å²) in [7, 11) is 0. The molecular weight excluding hydrogens is 488 g/mol. The monoisotopic (exact) mass is 518 g/mol. The van der Waals surface area contributed by atoms with Gasteiger partial charge >= 0.3 is 10.3 Å². The molecule has 0 N–H and O–H groups in total. The van der Waals surface area contributed by atoms with Crippen molar-refractivity contribution in [2.45, 2.75) is 26.9 Å². The molecule has 1 fully saturated rings. The number of rotatable bonds is 8. The molecule has 4 aromatic rings. The molecule has 10 heteroatoms. The fraction of sp³-hybridized carbons (Fsp3) is 0.308. The van der Waals surface area contributed by atoms with Crippen molar-refractivity contribution in [3.63, 3.8) is 0 Å². The van der Waals surface area contributed by atoms with Crippen LogP contribution in [0.3, 0.4) is 0 Å². The van der Waals surface area contributed by atoms with Crippen LogP contribution in [0.5, 0.6) is 0 Å². The molecule has 1 aliphatic heterocycles. The molecule has 0 unspecified atom stereocenters. The molecule has 1 aliphatic rings. The number of hydrogen-bond acceptors (Lipinski definition) is 8. The van der Waals surface area contributed by atoms with Crippen LogP contribution in [0.2, 0.25) is 0 Å². The van der Waals surface area contributed by atoms with Crippen LogP contribution >= 0.6 is 22.7 Å². The first-order chi connectivity index (χ1) is 17.7. The maximum absolute atomic E-state index is 4.41. The van der Waals surface area contributed by atoms with Gasteiger partial charge in [0.15, 0.2) is 0 Å². The number of aromatic nitrogens is 2. The second-order valence-corrected chi connectivity index (χ2v) is 10.1. The molecular formula is C26H30N8S2+2. The zero-order valence-corrected chi connectivity index (χ0v) is 22.2. The summed E-state index contributed by atoms with van der Waals surface area (Å²) in [6, 6.07) is 16.7. The van der Waals surface area contributed by atoms with Crippen molar-refractivity contribution in [1.82, 2.24) is 0 Å². The summed E-state index contributed by atoms with van der Waals surface area (Å²) in [6.45, 7) is 9.91. The first-order valence-electron chi connectivity index (χ1n) is 12.2. The lowest BCUT2D eigenvalue weighted by molar-refractivity contribution is -0.677. The molecule has 1 saturated heterocycles. The van der Waals surface area contributed by atoms with Gasteiger partial charge in [0.1, 0.15) is 23.8 Å². The number of anilines is 2. The van der Waals surface area contributed by atoms with Gasteiger partial charge in [-0.15, -0.1) is 0 Å². The number of aryl methyl sites for hydroxylation is 2. The summed E-state index contributed by atoms with van der Waals surface area (Å²) in [5, 5.41) is 23.5. The molecule has 2 aromatic heterocycles. The standard InChI is InChI=1S/C26H30N8S2/c1-3-31-17-19-35-25(31)29-27-21-5-9-23(10-6-21)33-13-15-34(16-14-33)24-11-7-22(8-12-24)28-30-26-32(4-2)18-20-36-26/h5-12,17-20H,3-4,13-16H2,1-2H3/q+2. The van der Waals surface area contributed by atoms with Crippen LogP contribution in [0.1, 0.15) is 13.8 Å². The highest BCUT2D eigenvalue weighted by atomic mass is 32.1. The lowest BCUT2D eigenvalue weighted by atomic mass is 10.2. The summed E-state index contributed by atoms with van der Waals surface area (Å²) in [6.07, 6.45) is 4.07. The predicted octanol–water partition coefficient (Wildman–Crippen LogP) is 6.58. The number of hydrogen-bond donors (Lipinski definition) is 0. The lowest BCUT2D eigenvalue weighted by Gasteiger charge is -2.37. The molecule has 2 aromatic carbocycles. The van der Waals surface area contributed by atoms with E-state index < -0.39 is 0 Å². The maximum Gasteiger partial charge on any atom is 0.408 e.